The first kappa shape index (κ1) is 21.4. The van der Waals surface area contributed by atoms with E-state index in [1.165, 1.54) is 12.1 Å². The highest BCUT2D eigenvalue weighted by atomic mass is 16.6. The smallest absolute Gasteiger partial charge is 0.271 e. The average molecular weight is 474 g/mol. The Bertz CT molecular complexity index is 1640. The number of hydrogen-bond acceptors (Lipinski definition) is 5. The molecular formula is C28H18N4O4. The van der Waals surface area contributed by atoms with E-state index in [9.17, 15) is 19.7 Å². The molecule has 1 aromatic heterocycles. The number of non-ortho nitro benzene ring substituents is 1. The molecule has 2 amide bonds. The van der Waals surface area contributed by atoms with Crippen molar-refractivity contribution in [2.75, 3.05) is 4.90 Å². The maximum absolute atomic E-state index is 13.2. The molecule has 0 bridgehead atoms. The van der Waals surface area contributed by atoms with Gasteiger partial charge in [0.15, 0.2) is 0 Å². The van der Waals surface area contributed by atoms with Crippen LogP contribution in [-0.2, 0) is 6.54 Å². The first-order valence-corrected chi connectivity index (χ1v) is 11.3. The van der Waals surface area contributed by atoms with Gasteiger partial charge in [0.1, 0.15) is 0 Å². The summed E-state index contributed by atoms with van der Waals surface area (Å²) in [6, 6.07) is 28.9. The molecule has 6 rings (SSSR count). The number of amides is 2. The summed E-state index contributed by atoms with van der Waals surface area (Å²) in [6.07, 6.45) is 0. The van der Waals surface area contributed by atoms with Crippen LogP contribution in [0.5, 0.6) is 0 Å². The van der Waals surface area contributed by atoms with Crippen LogP contribution in [0.25, 0.3) is 22.2 Å². The number of nitro benzene ring substituents is 1. The number of carbonyl (C=O) groups is 2. The van der Waals surface area contributed by atoms with E-state index >= 15 is 0 Å². The third kappa shape index (κ3) is 3.43. The summed E-state index contributed by atoms with van der Waals surface area (Å²) < 4.78 is 1.75. The summed E-state index contributed by atoms with van der Waals surface area (Å²) in [5.41, 5.74) is 4.48. The number of carbonyl (C=O) groups excluding carboxylic acids is 2. The van der Waals surface area contributed by atoms with Gasteiger partial charge in [0.25, 0.3) is 17.5 Å². The molecule has 0 saturated carbocycles. The molecule has 1 aliphatic rings. The highest BCUT2D eigenvalue weighted by molar-refractivity contribution is 6.34. The van der Waals surface area contributed by atoms with Gasteiger partial charge in [-0.25, -0.2) is 9.88 Å². The normalized spacial score (nSPS) is 12.8. The van der Waals surface area contributed by atoms with E-state index in [4.69, 9.17) is 0 Å². The first-order chi connectivity index (χ1) is 17.5. The Morgan fingerprint density at radius 2 is 1.36 bits per heavy atom. The van der Waals surface area contributed by atoms with Crippen LogP contribution in [0.4, 0.5) is 11.6 Å². The Hall–Kier alpha value is -5.11. The third-order valence-electron chi connectivity index (χ3n) is 6.32. The van der Waals surface area contributed by atoms with Gasteiger partial charge in [0.05, 0.1) is 33.6 Å². The number of rotatable bonds is 5. The Morgan fingerprint density at radius 1 is 0.750 bits per heavy atom. The minimum absolute atomic E-state index is 0.117. The minimum Gasteiger partial charge on any atom is -0.305 e. The number of benzene rings is 4. The molecule has 4 aromatic carbocycles. The third-order valence-corrected chi connectivity index (χ3v) is 6.32. The Kier molecular flexibility index (Phi) is 4.93. The molecule has 8 heteroatoms. The van der Waals surface area contributed by atoms with Gasteiger partial charge in [-0.1, -0.05) is 66.7 Å². The standard InChI is InChI=1S/C28H18N4O4/c33-26-22-8-4-5-9-23(22)27(34)31(26)28-29-24-16-21(32(35)36)14-15-25(24)30(28)17-18-10-12-20(13-11-18)19-6-2-1-3-7-19/h1-16H,17H2. The van der Waals surface area contributed by atoms with Gasteiger partial charge in [-0.15, -0.1) is 0 Å². The van der Waals surface area contributed by atoms with Gasteiger partial charge in [-0.3, -0.25) is 19.7 Å². The maximum Gasteiger partial charge on any atom is 0.271 e. The Balaban J connectivity index is 1.45. The lowest BCUT2D eigenvalue weighted by molar-refractivity contribution is -0.384. The van der Waals surface area contributed by atoms with E-state index in [1.54, 1.807) is 34.9 Å². The maximum atomic E-state index is 13.2. The van der Waals surface area contributed by atoms with Crippen LogP contribution in [-0.4, -0.2) is 26.3 Å². The summed E-state index contributed by atoms with van der Waals surface area (Å²) in [4.78, 5) is 42.8. The molecule has 0 unspecified atom stereocenters. The first-order valence-electron chi connectivity index (χ1n) is 11.3. The predicted octanol–water partition coefficient (Wildman–Crippen LogP) is 5.46. The Morgan fingerprint density at radius 3 is 2.00 bits per heavy atom. The summed E-state index contributed by atoms with van der Waals surface area (Å²) in [6.45, 7) is 0.312. The van der Waals surface area contributed by atoms with Crippen molar-refractivity contribution in [2.24, 2.45) is 0 Å². The fourth-order valence-corrected chi connectivity index (χ4v) is 4.53. The Labute approximate surface area is 205 Å². The quantitative estimate of drug-likeness (QED) is 0.191. The molecule has 0 aliphatic carbocycles. The number of nitro groups is 1. The van der Waals surface area contributed by atoms with Crippen molar-refractivity contribution in [1.29, 1.82) is 0 Å². The van der Waals surface area contributed by atoms with Crippen LogP contribution in [0.3, 0.4) is 0 Å². The second kappa shape index (κ2) is 8.28. The summed E-state index contributed by atoms with van der Waals surface area (Å²) >= 11 is 0. The van der Waals surface area contributed by atoms with Crippen LogP contribution >= 0.6 is 0 Å². The van der Waals surface area contributed by atoms with E-state index < -0.39 is 16.7 Å². The van der Waals surface area contributed by atoms with E-state index in [1.807, 2.05) is 54.6 Å². The second-order valence-electron chi connectivity index (χ2n) is 8.48. The van der Waals surface area contributed by atoms with Crippen LogP contribution in [0, 0.1) is 10.1 Å². The molecule has 36 heavy (non-hydrogen) atoms. The number of fused-ring (bicyclic) bond motifs is 2. The van der Waals surface area contributed by atoms with Gasteiger partial charge in [0.2, 0.25) is 5.95 Å². The molecule has 5 aromatic rings. The van der Waals surface area contributed by atoms with Crippen molar-refractivity contribution in [1.82, 2.24) is 9.55 Å². The van der Waals surface area contributed by atoms with Gasteiger partial charge >= 0.3 is 0 Å². The van der Waals surface area contributed by atoms with E-state index in [2.05, 4.69) is 4.98 Å². The number of imidazole rings is 1. The van der Waals surface area contributed by atoms with Gasteiger partial charge < -0.3 is 4.57 Å². The van der Waals surface area contributed by atoms with E-state index in [0.717, 1.165) is 21.6 Å². The predicted molar refractivity (Wildman–Crippen MR) is 135 cm³/mol. The fourth-order valence-electron chi connectivity index (χ4n) is 4.53. The molecule has 0 N–H and O–H groups in total. The molecule has 0 fully saturated rings. The largest absolute Gasteiger partial charge is 0.305 e. The monoisotopic (exact) mass is 474 g/mol. The lowest BCUT2D eigenvalue weighted by Gasteiger charge is -2.16. The molecule has 0 atom stereocenters. The molecule has 0 saturated heterocycles. The highest BCUT2D eigenvalue weighted by Crippen LogP contribution is 2.32. The molecule has 2 heterocycles. The zero-order valence-corrected chi connectivity index (χ0v) is 18.9. The van der Waals surface area contributed by atoms with Crippen molar-refractivity contribution >= 4 is 34.5 Å². The molecule has 1 aliphatic heterocycles. The minimum atomic E-state index is -0.498. The van der Waals surface area contributed by atoms with Crippen LogP contribution < -0.4 is 4.90 Å². The number of nitrogens with zero attached hydrogens (tertiary/aromatic N) is 4. The summed E-state index contributed by atoms with van der Waals surface area (Å²) in [7, 11) is 0. The van der Waals surface area contributed by atoms with Gasteiger partial charge in [-0.2, -0.15) is 0 Å². The zero-order chi connectivity index (χ0) is 24.8. The lowest BCUT2D eigenvalue weighted by Crippen LogP contribution is -2.32. The molecule has 174 valence electrons. The SMILES string of the molecule is O=C1c2ccccc2C(=O)N1c1nc2cc([N+](=O)[O-])ccc2n1Cc1ccc(-c2ccccc2)cc1. The summed E-state index contributed by atoms with van der Waals surface area (Å²) in [5, 5.41) is 11.3. The fraction of sp³-hybridized carbons (Fsp3) is 0.0357. The van der Waals surface area contributed by atoms with Crippen LogP contribution in [0.2, 0.25) is 0 Å². The van der Waals surface area contributed by atoms with Crippen molar-refractivity contribution in [3.63, 3.8) is 0 Å². The molecule has 8 nitrogen and oxygen atoms in total. The summed E-state index contributed by atoms with van der Waals surface area (Å²) in [5.74, 6) is -0.814. The van der Waals surface area contributed by atoms with Crippen molar-refractivity contribution < 1.29 is 14.5 Å². The van der Waals surface area contributed by atoms with Crippen molar-refractivity contribution in [3.8, 4) is 11.1 Å². The molecule has 0 spiro atoms. The van der Waals surface area contributed by atoms with Crippen molar-refractivity contribution in [2.45, 2.75) is 6.54 Å². The van der Waals surface area contributed by atoms with E-state index in [-0.39, 0.29) is 11.6 Å². The van der Waals surface area contributed by atoms with Gasteiger partial charge in [-0.05, 0) is 34.9 Å². The highest BCUT2D eigenvalue weighted by Gasteiger charge is 2.39. The lowest BCUT2D eigenvalue weighted by atomic mass is 10.0. The average Bonchev–Trinajstić information content (AvgIpc) is 3.38. The zero-order valence-electron chi connectivity index (χ0n) is 18.9. The van der Waals surface area contributed by atoms with Crippen molar-refractivity contribution in [3.05, 3.63) is 124 Å². The van der Waals surface area contributed by atoms with Crippen LogP contribution in [0.1, 0.15) is 26.3 Å². The number of aromatic nitrogens is 2. The number of hydrogen-bond donors (Lipinski definition) is 0. The molecular weight excluding hydrogens is 456 g/mol. The number of imide groups is 1. The number of anilines is 1. The van der Waals surface area contributed by atoms with Gasteiger partial charge in [0, 0.05) is 12.1 Å². The topological polar surface area (TPSA) is 98.3 Å². The van der Waals surface area contributed by atoms with E-state index in [0.29, 0.717) is 28.7 Å². The molecule has 0 radical (unpaired) electrons. The van der Waals surface area contributed by atoms with Crippen LogP contribution in [0.15, 0.2) is 97.1 Å². The second-order valence-corrected chi connectivity index (χ2v) is 8.48.